The van der Waals surface area contributed by atoms with Crippen LogP contribution < -0.4 is 14.2 Å². The van der Waals surface area contributed by atoms with Crippen molar-refractivity contribution < 1.29 is 19.3 Å². The number of ether oxygens (including phenoxy) is 3. The van der Waals surface area contributed by atoms with Crippen molar-refractivity contribution in [3.05, 3.63) is 53.1 Å². The maximum absolute atomic E-state index is 11.3. The summed E-state index contributed by atoms with van der Waals surface area (Å²) in [5.41, 5.74) is 3.22. The fourth-order valence-corrected chi connectivity index (χ4v) is 4.48. The Bertz CT molecular complexity index is 823. The lowest BCUT2D eigenvalue weighted by Gasteiger charge is -2.27. The molecule has 0 saturated heterocycles. The van der Waals surface area contributed by atoms with Crippen molar-refractivity contribution >= 4 is 12.4 Å². The molecule has 1 aliphatic rings. The molecule has 178 valence electrons. The van der Waals surface area contributed by atoms with E-state index in [-0.39, 0.29) is 12.4 Å². The largest absolute Gasteiger partial charge is 0.497 e. The fraction of sp³-hybridized carbons (Fsp3) is 0.538. The zero-order valence-electron chi connectivity index (χ0n) is 19.9. The summed E-state index contributed by atoms with van der Waals surface area (Å²) in [7, 11) is 7.20. The Morgan fingerprint density at radius 3 is 2.09 bits per heavy atom. The van der Waals surface area contributed by atoms with Crippen LogP contribution in [-0.2, 0) is 19.3 Å². The van der Waals surface area contributed by atoms with Gasteiger partial charge in [-0.15, -0.1) is 12.4 Å². The highest BCUT2D eigenvalue weighted by Crippen LogP contribution is 2.37. The first-order valence-electron chi connectivity index (χ1n) is 11.2. The third-order valence-corrected chi connectivity index (χ3v) is 6.52. The van der Waals surface area contributed by atoms with Gasteiger partial charge in [0.15, 0.2) is 11.5 Å². The van der Waals surface area contributed by atoms with Crippen LogP contribution in [0.25, 0.3) is 0 Å². The lowest BCUT2D eigenvalue weighted by atomic mass is 9.89. The van der Waals surface area contributed by atoms with Gasteiger partial charge in [0.05, 0.1) is 26.9 Å². The van der Waals surface area contributed by atoms with Gasteiger partial charge in [0.2, 0.25) is 0 Å². The highest BCUT2D eigenvalue weighted by atomic mass is 35.5. The normalized spacial score (nSPS) is 14.8. The molecule has 0 amide bonds. The Morgan fingerprint density at radius 1 is 0.906 bits per heavy atom. The van der Waals surface area contributed by atoms with Gasteiger partial charge in [-0.1, -0.05) is 12.1 Å². The number of aryl methyl sites for hydroxylation is 2. The van der Waals surface area contributed by atoms with E-state index >= 15 is 0 Å². The number of likely N-dealkylation sites (N-methyl/N-ethyl adjacent to an activating group) is 1. The molecule has 0 atom stereocenters. The summed E-state index contributed by atoms with van der Waals surface area (Å²) in [5.74, 6) is 2.45. The molecule has 0 bridgehead atoms. The average molecular weight is 464 g/mol. The maximum atomic E-state index is 11.3. The molecule has 1 N–H and O–H groups in total. The summed E-state index contributed by atoms with van der Waals surface area (Å²) in [6.45, 7) is 1.98. The maximum Gasteiger partial charge on any atom is 0.161 e. The van der Waals surface area contributed by atoms with Crippen LogP contribution in [0.4, 0.5) is 0 Å². The van der Waals surface area contributed by atoms with E-state index in [1.165, 1.54) is 16.7 Å². The summed E-state index contributed by atoms with van der Waals surface area (Å²) < 4.78 is 16.2. The molecule has 2 aromatic rings. The van der Waals surface area contributed by atoms with Crippen molar-refractivity contribution in [3.8, 4) is 17.2 Å². The smallest absolute Gasteiger partial charge is 0.161 e. The fourth-order valence-electron chi connectivity index (χ4n) is 4.48. The SMILES string of the molecule is COc1cccc(CCN(C)CCCC2(O)CCc3cc(OC)c(OC)cc3CC2)c1.Cl. The number of nitrogens with zero attached hydrogens (tertiary/aromatic N) is 1. The Balaban J connectivity index is 0.00000363. The molecule has 1 aliphatic carbocycles. The molecule has 0 spiro atoms. The summed E-state index contributed by atoms with van der Waals surface area (Å²) >= 11 is 0. The van der Waals surface area contributed by atoms with E-state index in [1.54, 1.807) is 21.3 Å². The van der Waals surface area contributed by atoms with Crippen LogP contribution >= 0.6 is 12.4 Å². The standard InChI is InChI=1S/C26H37NO4.ClH/c1-27(16-11-20-7-5-8-23(17-20)29-2)15-6-12-26(28)13-9-21-18-24(30-3)25(31-4)19-22(21)10-14-26;/h5,7-8,17-19,28H,6,9-16H2,1-4H3;1H. The van der Waals surface area contributed by atoms with Gasteiger partial charge in [-0.05, 0) is 99.5 Å². The second kappa shape index (κ2) is 12.3. The van der Waals surface area contributed by atoms with Crippen LogP contribution in [0, 0.1) is 0 Å². The second-order valence-corrected chi connectivity index (χ2v) is 8.71. The molecule has 32 heavy (non-hydrogen) atoms. The van der Waals surface area contributed by atoms with Crippen LogP contribution in [0.3, 0.4) is 0 Å². The van der Waals surface area contributed by atoms with Crippen molar-refractivity contribution in [1.29, 1.82) is 0 Å². The monoisotopic (exact) mass is 463 g/mol. The van der Waals surface area contributed by atoms with Crippen molar-refractivity contribution in [2.24, 2.45) is 0 Å². The number of methoxy groups -OCH3 is 3. The number of fused-ring (bicyclic) bond motifs is 1. The van der Waals surface area contributed by atoms with Crippen LogP contribution in [-0.4, -0.2) is 57.1 Å². The molecule has 0 aliphatic heterocycles. The van der Waals surface area contributed by atoms with Gasteiger partial charge in [0.1, 0.15) is 5.75 Å². The van der Waals surface area contributed by atoms with E-state index in [9.17, 15) is 5.11 Å². The Hall–Kier alpha value is -1.95. The molecular weight excluding hydrogens is 426 g/mol. The van der Waals surface area contributed by atoms with Gasteiger partial charge in [-0.3, -0.25) is 0 Å². The van der Waals surface area contributed by atoms with E-state index < -0.39 is 5.60 Å². The van der Waals surface area contributed by atoms with Gasteiger partial charge in [0, 0.05) is 6.54 Å². The number of benzene rings is 2. The lowest BCUT2D eigenvalue weighted by molar-refractivity contribution is 0.0135. The number of hydrogen-bond donors (Lipinski definition) is 1. The molecular formula is C26H38ClNO4. The first-order chi connectivity index (χ1) is 15.0. The van der Waals surface area contributed by atoms with Gasteiger partial charge in [0.25, 0.3) is 0 Å². The molecule has 0 heterocycles. The second-order valence-electron chi connectivity index (χ2n) is 8.71. The number of halogens is 1. The molecule has 6 heteroatoms. The van der Waals surface area contributed by atoms with Gasteiger partial charge in [-0.2, -0.15) is 0 Å². The van der Waals surface area contributed by atoms with Gasteiger partial charge in [-0.25, -0.2) is 0 Å². The third-order valence-electron chi connectivity index (χ3n) is 6.52. The number of rotatable bonds is 10. The van der Waals surface area contributed by atoms with E-state index in [1.807, 2.05) is 12.1 Å². The quantitative estimate of drug-likeness (QED) is 0.517. The first-order valence-corrected chi connectivity index (χ1v) is 11.2. The predicted molar refractivity (Wildman–Crippen MR) is 132 cm³/mol. The summed E-state index contributed by atoms with van der Waals surface area (Å²) in [4.78, 5) is 2.35. The van der Waals surface area contributed by atoms with Crippen LogP contribution in [0.5, 0.6) is 17.2 Å². The first kappa shape index (κ1) is 26.3. The summed E-state index contributed by atoms with van der Waals surface area (Å²) in [6.07, 6.45) is 6.16. The summed E-state index contributed by atoms with van der Waals surface area (Å²) in [5, 5.41) is 11.3. The van der Waals surface area contributed by atoms with E-state index in [2.05, 4.69) is 36.2 Å². The van der Waals surface area contributed by atoms with Crippen LogP contribution in [0.2, 0.25) is 0 Å². The van der Waals surface area contributed by atoms with Crippen molar-refractivity contribution in [1.82, 2.24) is 4.90 Å². The molecule has 0 aromatic heterocycles. The van der Waals surface area contributed by atoms with Crippen molar-refractivity contribution in [2.45, 2.75) is 50.5 Å². The van der Waals surface area contributed by atoms with Crippen molar-refractivity contribution in [3.63, 3.8) is 0 Å². The molecule has 0 saturated carbocycles. The molecule has 0 fully saturated rings. The predicted octanol–water partition coefficient (Wildman–Crippen LogP) is 4.70. The minimum atomic E-state index is -0.604. The zero-order chi connectivity index (χ0) is 22.3. The molecule has 2 aromatic carbocycles. The Kier molecular flexibility index (Phi) is 10.1. The van der Waals surface area contributed by atoms with E-state index in [4.69, 9.17) is 14.2 Å². The third kappa shape index (κ3) is 7.03. The van der Waals surface area contributed by atoms with Gasteiger partial charge < -0.3 is 24.2 Å². The molecule has 0 radical (unpaired) electrons. The van der Waals surface area contributed by atoms with Crippen LogP contribution in [0.1, 0.15) is 42.4 Å². The number of hydrogen-bond acceptors (Lipinski definition) is 5. The summed E-state index contributed by atoms with van der Waals surface area (Å²) in [6, 6.07) is 12.4. The minimum Gasteiger partial charge on any atom is -0.497 e. The zero-order valence-corrected chi connectivity index (χ0v) is 20.7. The average Bonchev–Trinajstić information content (AvgIpc) is 2.95. The topological polar surface area (TPSA) is 51.2 Å². The Labute approximate surface area is 199 Å². The Morgan fingerprint density at radius 2 is 1.53 bits per heavy atom. The van der Waals surface area contributed by atoms with Crippen molar-refractivity contribution in [2.75, 3.05) is 41.5 Å². The molecule has 0 unspecified atom stereocenters. The molecule has 5 nitrogen and oxygen atoms in total. The highest BCUT2D eigenvalue weighted by molar-refractivity contribution is 5.85. The minimum absolute atomic E-state index is 0. The lowest BCUT2D eigenvalue weighted by Crippen LogP contribution is -2.31. The highest BCUT2D eigenvalue weighted by Gasteiger charge is 2.30. The van der Waals surface area contributed by atoms with E-state index in [0.717, 1.165) is 75.3 Å². The number of aliphatic hydroxyl groups is 1. The van der Waals surface area contributed by atoms with Crippen LogP contribution in [0.15, 0.2) is 36.4 Å². The van der Waals surface area contributed by atoms with Gasteiger partial charge >= 0.3 is 0 Å². The molecule has 3 rings (SSSR count). The van der Waals surface area contributed by atoms with E-state index in [0.29, 0.717) is 0 Å².